The molecular formula is C13H10ClN3O2. The average Bonchev–Trinajstić information content (AvgIpc) is 2.41. The van der Waals surface area contributed by atoms with Crippen LogP contribution in [0.15, 0.2) is 53.6 Å². The molecule has 5 nitrogen and oxygen atoms in total. The van der Waals surface area contributed by atoms with Gasteiger partial charge in [-0.1, -0.05) is 41.9 Å². The van der Waals surface area contributed by atoms with Gasteiger partial charge in [0, 0.05) is 16.7 Å². The summed E-state index contributed by atoms with van der Waals surface area (Å²) in [5, 5.41) is 15.3. The van der Waals surface area contributed by atoms with E-state index < -0.39 is 4.92 Å². The minimum atomic E-state index is -0.465. The molecule has 1 N–H and O–H groups in total. The lowest BCUT2D eigenvalue weighted by molar-refractivity contribution is -0.384. The lowest BCUT2D eigenvalue weighted by Crippen LogP contribution is -1.96. The average molecular weight is 276 g/mol. The molecule has 2 aromatic carbocycles. The molecule has 0 aliphatic rings. The highest BCUT2D eigenvalue weighted by atomic mass is 35.5. The van der Waals surface area contributed by atoms with Gasteiger partial charge in [-0.2, -0.15) is 5.10 Å². The normalized spacial score (nSPS) is 10.6. The maximum atomic E-state index is 10.8. The molecule has 2 rings (SSSR count). The summed E-state index contributed by atoms with van der Waals surface area (Å²) in [6.45, 7) is 0. The van der Waals surface area contributed by atoms with Crippen molar-refractivity contribution >= 4 is 29.2 Å². The summed E-state index contributed by atoms with van der Waals surface area (Å²) in [6.07, 6.45) is 1.51. The second-order valence-electron chi connectivity index (χ2n) is 3.67. The monoisotopic (exact) mass is 275 g/mol. The summed E-state index contributed by atoms with van der Waals surface area (Å²) >= 11 is 5.96. The molecule has 0 aliphatic heterocycles. The number of hydrazone groups is 1. The molecule has 0 aliphatic carbocycles. The predicted molar refractivity (Wildman–Crippen MR) is 75.8 cm³/mol. The van der Waals surface area contributed by atoms with Crippen LogP contribution in [-0.4, -0.2) is 11.1 Å². The zero-order valence-corrected chi connectivity index (χ0v) is 10.5. The van der Waals surface area contributed by atoms with Crippen molar-refractivity contribution in [1.29, 1.82) is 0 Å². The maximum Gasteiger partial charge on any atom is 0.294 e. The summed E-state index contributed by atoms with van der Waals surface area (Å²) in [5.74, 6) is 0. The number of hydrogen-bond donors (Lipinski definition) is 1. The van der Waals surface area contributed by atoms with Crippen LogP contribution in [0.25, 0.3) is 0 Å². The van der Waals surface area contributed by atoms with Crippen LogP contribution in [0.4, 0.5) is 11.4 Å². The van der Waals surface area contributed by atoms with Crippen molar-refractivity contribution in [3.05, 3.63) is 69.2 Å². The van der Waals surface area contributed by atoms with Crippen molar-refractivity contribution in [2.45, 2.75) is 0 Å². The van der Waals surface area contributed by atoms with E-state index in [4.69, 9.17) is 11.6 Å². The number of hydrogen-bond acceptors (Lipinski definition) is 4. The standard InChI is InChI=1S/C13H10ClN3O2/c14-11-6-2-1-5-10(11)9-15-16-12-7-3-4-8-13(12)17(18)19/h1-9,16H. The highest BCUT2D eigenvalue weighted by Crippen LogP contribution is 2.23. The Bertz CT molecular complexity index is 629. The largest absolute Gasteiger partial charge is 0.294 e. The molecular weight excluding hydrogens is 266 g/mol. The maximum absolute atomic E-state index is 10.8. The Labute approximate surface area is 114 Å². The van der Waals surface area contributed by atoms with Gasteiger partial charge in [-0.15, -0.1) is 0 Å². The summed E-state index contributed by atoms with van der Waals surface area (Å²) < 4.78 is 0. The third kappa shape index (κ3) is 3.29. The summed E-state index contributed by atoms with van der Waals surface area (Å²) in [6, 6.07) is 13.5. The lowest BCUT2D eigenvalue weighted by atomic mass is 10.2. The van der Waals surface area contributed by atoms with Gasteiger partial charge in [0.1, 0.15) is 5.69 Å². The minimum absolute atomic E-state index is 0.0289. The summed E-state index contributed by atoms with van der Waals surface area (Å²) in [5.41, 5.74) is 3.67. The smallest absolute Gasteiger partial charge is 0.272 e. The molecule has 0 radical (unpaired) electrons. The Morgan fingerprint density at radius 1 is 1.16 bits per heavy atom. The number of nitro groups is 1. The topological polar surface area (TPSA) is 67.5 Å². The molecule has 6 heteroatoms. The number of para-hydroxylation sites is 2. The zero-order chi connectivity index (χ0) is 13.7. The van der Waals surface area contributed by atoms with E-state index in [0.29, 0.717) is 10.7 Å². The molecule has 19 heavy (non-hydrogen) atoms. The third-order valence-electron chi connectivity index (χ3n) is 2.39. The molecule has 0 atom stereocenters. The van der Waals surface area contributed by atoms with E-state index in [-0.39, 0.29) is 5.69 Å². The van der Waals surface area contributed by atoms with Gasteiger partial charge in [0.05, 0.1) is 11.1 Å². The van der Waals surface area contributed by atoms with Crippen LogP contribution in [-0.2, 0) is 0 Å². The Morgan fingerprint density at radius 3 is 2.58 bits per heavy atom. The second kappa shape index (κ2) is 5.97. The quantitative estimate of drug-likeness (QED) is 0.525. The van der Waals surface area contributed by atoms with Crippen molar-refractivity contribution in [2.24, 2.45) is 5.10 Å². The zero-order valence-electron chi connectivity index (χ0n) is 9.79. The van der Waals surface area contributed by atoms with Gasteiger partial charge in [0.2, 0.25) is 0 Å². The fourth-order valence-electron chi connectivity index (χ4n) is 1.48. The van der Waals surface area contributed by atoms with E-state index >= 15 is 0 Å². The highest BCUT2D eigenvalue weighted by molar-refractivity contribution is 6.33. The van der Waals surface area contributed by atoms with Crippen LogP contribution in [0.3, 0.4) is 0 Å². The molecule has 0 amide bonds. The molecule has 0 saturated carbocycles. The first-order chi connectivity index (χ1) is 9.18. The lowest BCUT2D eigenvalue weighted by Gasteiger charge is -2.01. The first-order valence-electron chi connectivity index (χ1n) is 5.45. The minimum Gasteiger partial charge on any atom is -0.272 e. The van der Waals surface area contributed by atoms with Crippen LogP contribution >= 0.6 is 11.6 Å². The molecule has 0 aromatic heterocycles. The summed E-state index contributed by atoms with van der Waals surface area (Å²) in [7, 11) is 0. The van der Waals surface area contributed by atoms with Gasteiger partial charge in [0.25, 0.3) is 5.69 Å². The molecule has 96 valence electrons. The molecule has 0 saturated heterocycles. The Morgan fingerprint density at radius 2 is 1.84 bits per heavy atom. The van der Waals surface area contributed by atoms with Gasteiger partial charge in [-0.25, -0.2) is 0 Å². The van der Waals surface area contributed by atoms with E-state index in [0.717, 1.165) is 5.56 Å². The summed E-state index contributed by atoms with van der Waals surface area (Å²) in [4.78, 5) is 10.3. The number of halogens is 1. The van der Waals surface area contributed by atoms with Crippen molar-refractivity contribution in [2.75, 3.05) is 5.43 Å². The first kappa shape index (κ1) is 13.0. The number of benzene rings is 2. The number of anilines is 1. The molecule has 0 bridgehead atoms. The van der Waals surface area contributed by atoms with Crippen LogP contribution in [0.5, 0.6) is 0 Å². The first-order valence-corrected chi connectivity index (χ1v) is 5.83. The van der Waals surface area contributed by atoms with Gasteiger partial charge >= 0.3 is 0 Å². The van der Waals surface area contributed by atoms with Crippen molar-refractivity contribution in [1.82, 2.24) is 0 Å². The third-order valence-corrected chi connectivity index (χ3v) is 2.74. The van der Waals surface area contributed by atoms with Gasteiger partial charge in [0.15, 0.2) is 0 Å². The van der Waals surface area contributed by atoms with Crippen molar-refractivity contribution < 1.29 is 4.92 Å². The Kier molecular flexibility index (Phi) is 4.10. The molecule has 2 aromatic rings. The van der Waals surface area contributed by atoms with E-state index in [1.54, 1.807) is 30.3 Å². The van der Waals surface area contributed by atoms with Gasteiger partial charge in [-0.05, 0) is 12.1 Å². The molecule has 0 heterocycles. The van der Waals surface area contributed by atoms with Gasteiger partial charge < -0.3 is 0 Å². The number of nitro benzene ring substituents is 1. The molecule has 0 unspecified atom stereocenters. The number of nitrogens with one attached hydrogen (secondary N) is 1. The van der Waals surface area contributed by atoms with E-state index in [9.17, 15) is 10.1 Å². The molecule has 0 fully saturated rings. The highest BCUT2D eigenvalue weighted by Gasteiger charge is 2.10. The van der Waals surface area contributed by atoms with Crippen LogP contribution in [0.1, 0.15) is 5.56 Å². The van der Waals surface area contributed by atoms with Crippen molar-refractivity contribution in [3.8, 4) is 0 Å². The number of rotatable bonds is 4. The SMILES string of the molecule is O=[N+]([O-])c1ccccc1NN=Cc1ccccc1Cl. The molecule has 0 spiro atoms. The van der Waals surface area contributed by atoms with E-state index in [1.807, 2.05) is 12.1 Å². The van der Waals surface area contributed by atoms with E-state index in [2.05, 4.69) is 10.5 Å². The number of nitrogens with zero attached hydrogens (tertiary/aromatic N) is 2. The Balaban J connectivity index is 2.15. The predicted octanol–water partition coefficient (Wildman–Crippen LogP) is 3.69. The fourth-order valence-corrected chi connectivity index (χ4v) is 1.66. The second-order valence-corrected chi connectivity index (χ2v) is 4.07. The van der Waals surface area contributed by atoms with Crippen LogP contribution in [0.2, 0.25) is 5.02 Å². The van der Waals surface area contributed by atoms with Crippen LogP contribution in [0, 0.1) is 10.1 Å². The van der Waals surface area contributed by atoms with Crippen molar-refractivity contribution in [3.63, 3.8) is 0 Å². The van der Waals surface area contributed by atoms with Crippen LogP contribution < -0.4 is 5.43 Å². The van der Waals surface area contributed by atoms with E-state index in [1.165, 1.54) is 12.3 Å². The van der Waals surface area contributed by atoms with Gasteiger partial charge in [-0.3, -0.25) is 15.5 Å². The Hall–Kier alpha value is -2.40. The fraction of sp³-hybridized carbons (Fsp3) is 0.